The van der Waals surface area contributed by atoms with Crippen molar-refractivity contribution in [3.8, 4) is 11.3 Å². The molecule has 0 radical (unpaired) electrons. The molecule has 2 aromatic carbocycles. The van der Waals surface area contributed by atoms with E-state index in [4.69, 9.17) is 4.52 Å². The van der Waals surface area contributed by atoms with Gasteiger partial charge in [0, 0.05) is 17.2 Å². The third-order valence-electron chi connectivity index (χ3n) is 4.41. The van der Waals surface area contributed by atoms with Crippen molar-refractivity contribution < 1.29 is 9.32 Å². The second kappa shape index (κ2) is 6.32. The molecule has 1 heterocycles. The highest BCUT2D eigenvalue weighted by atomic mass is 16.5. The number of benzene rings is 2. The molecule has 1 amide bonds. The molecular formula is C20H18N2O2. The molecule has 120 valence electrons. The number of nitrogens with zero attached hydrogens (tertiary/aromatic N) is 1. The van der Waals surface area contributed by atoms with Crippen LogP contribution in [0.1, 0.15) is 33.7 Å². The third kappa shape index (κ3) is 2.95. The Morgan fingerprint density at radius 1 is 1.04 bits per heavy atom. The van der Waals surface area contributed by atoms with Gasteiger partial charge in [0.1, 0.15) is 5.69 Å². The van der Waals surface area contributed by atoms with Crippen LogP contribution in [0.4, 0.5) is 0 Å². The van der Waals surface area contributed by atoms with Crippen molar-refractivity contribution in [1.29, 1.82) is 0 Å². The highest BCUT2D eigenvalue weighted by Crippen LogP contribution is 2.23. The van der Waals surface area contributed by atoms with Crippen LogP contribution in [0.3, 0.4) is 0 Å². The zero-order valence-electron chi connectivity index (χ0n) is 13.3. The van der Waals surface area contributed by atoms with E-state index in [2.05, 4.69) is 16.5 Å². The summed E-state index contributed by atoms with van der Waals surface area (Å²) in [7, 11) is 0. The number of aryl methyl sites for hydroxylation is 2. The molecule has 0 spiro atoms. The van der Waals surface area contributed by atoms with Crippen molar-refractivity contribution in [3.63, 3.8) is 0 Å². The van der Waals surface area contributed by atoms with Crippen molar-refractivity contribution >= 4 is 5.91 Å². The van der Waals surface area contributed by atoms with Crippen LogP contribution in [0.15, 0.2) is 59.1 Å². The van der Waals surface area contributed by atoms with Crippen molar-refractivity contribution in [3.05, 3.63) is 77.0 Å². The first-order valence-corrected chi connectivity index (χ1v) is 8.20. The molecule has 0 unspecified atom stereocenters. The van der Waals surface area contributed by atoms with E-state index in [9.17, 15) is 4.79 Å². The van der Waals surface area contributed by atoms with Crippen LogP contribution in [-0.4, -0.2) is 11.1 Å². The predicted molar refractivity (Wildman–Crippen MR) is 91.6 cm³/mol. The number of nitrogens with one attached hydrogen (secondary N) is 1. The summed E-state index contributed by atoms with van der Waals surface area (Å²) >= 11 is 0. The molecular weight excluding hydrogens is 300 g/mol. The van der Waals surface area contributed by atoms with Gasteiger partial charge in [-0.05, 0) is 42.5 Å². The summed E-state index contributed by atoms with van der Waals surface area (Å²) < 4.78 is 5.31. The monoisotopic (exact) mass is 318 g/mol. The lowest BCUT2D eigenvalue weighted by atomic mass is 10.1. The summed E-state index contributed by atoms with van der Waals surface area (Å²) in [5, 5.41) is 6.96. The molecule has 1 N–H and O–H groups in total. The Kier molecular flexibility index (Phi) is 3.87. The van der Waals surface area contributed by atoms with Crippen LogP contribution < -0.4 is 5.32 Å². The number of rotatable bonds is 4. The minimum Gasteiger partial charge on any atom is -0.359 e. The van der Waals surface area contributed by atoms with Gasteiger partial charge < -0.3 is 9.84 Å². The van der Waals surface area contributed by atoms with Gasteiger partial charge >= 0.3 is 0 Å². The predicted octanol–water partition coefficient (Wildman–Crippen LogP) is 3.76. The Balaban J connectivity index is 1.42. The highest BCUT2D eigenvalue weighted by molar-refractivity contribution is 5.94. The summed E-state index contributed by atoms with van der Waals surface area (Å²) in [6.07, 6.45) is 3.37. The van der Waals surface area contributed by atoms with Crippen LogP contribution >= 0.6 is 0 Å². The van der Waals surface area contributed by atoms with Crippen molar-refractivity contribution in [2.75, 3.05) is 0 Å². The van der Waals surface area contributed by atoms with Gasteiger partial charge in [-0.1, -0.05) is 41.6 Å². The average molecular weight is 318 g/mol. The van der Waals surface area contributed by atoms with Gasteiger partial charge in [-0.3, -0.25) is 4.79 Å². The van der Waals surface area contributed by atoms with Crippen LogP contribution in [0.2, 0.25) is 0 Å². The highest BCUT2D eigenvalue weighted by Gasteiger charge is 2.14. The van der Waals surface area contributed by atoms with Crippen molar-refractivity contribution in [1.82, 2.24) is 10.5 Å². The number of carbonyl (C=O) groups is 1. The van der Waals surface area contributed by atoms with Gasteiger partial charge in [0.2, 0.25) is 0 Å². The lowest BCUT2D eigenvalue weighted by Gasteiger charge is -2.05. The molecule has 0 saturated carbocycles. The summed E-state index contributed by atoms with van der Waals surface area (Å²) in [6, 6.07) is 17.7. The van der Waals surface area contributed by atoms with Crippen molar-refractivity contribution in [2.24, 2.45) is 0 Å². The Morgan fingerprint density at radius 2 is 1.88 bits per heavy atom. The Labute approximate surface area is 140 Å². The van der Waals surface area contributed by atoms with Crippen LogP contribution in [-0.2, 0) is 19.4 Å². The Morgan fingerprint density at radius 3 is 2.75 bits per heavy atom. The number of hydrogen-bond acceptors (Lipinski definition) is 3. The van der Waals surface area contributed by atoms with E-state index in [1.54, 1.807) is 0 Å². The fraction of sp³-hybridized carbons (Fsp3) is 0.200. The first-order chi connectivity index (χ1) is 11.8. The van der Waals surface area contributed by atoms with Gasteiger partial charge in [0.15, 0.2) is 5.76 Å². The van der Waals surface area contributed by atoms with E-state index in [-0.39, 0.29) is 5.91 Å². The first kappa shape index (κ1) is 14.7. The molecule has 1 aliphatic carbocycles. The number of carbonyl (C=O) groups excluding carboxylic acids is 1. The zero-order chi connectivity index (χ0) is 16.4. The molecule has 1 aromatic heterocycles. The Hall–Kier alpha value is -2.88. The van der Waals surface area contributed by atoms with Gasteiger partial charge in [-0.2, -0.15) is 0 Å². The van der Waals surface area contributed by atoms with E-state index in [0.29, 0.717) is 17.9 Å². The lowest BCUT2D eigenvalue weighted by Crippen LogP contribution is -2.22. The molecule has 3 aromatic rings. The fourth-order valence-electron chi connectivity index (χ4n) is 3.12. The largest absolute Gasteiger partial charge is 0.359 e. The molecule has 0 atom stereocenters. The molecule has 0 aliphatic heterocycles. The fourth-order valence-corrected chi connectivity index (χ4v) is 3.12. The molecule has 1 aliphatic rings. The number of amides is 1. The molecule has 4 heteroatoms. The van der Waals surface area contributed by atoms with E-state index in [1.165, 1.54) is 17.5 Å². The van der Waals surface area contributed by atoms with Crippen LogP contribution in [0.5, 0.6) is 0 Å². The average Bonchev–Trinajstić information content (AvgIpc) is 3.29. The van der Waals surface area contributed by atoms with E-state index < -0.39 is 0 Å². The minimum absolute atomic E-state index is 0.0811. The first-order valence-electron chi connectivity index (χ1n) is 8.20. The van der Waals surface area contributed by atoms with Gasteiger partial charge in [0.05, 0.1) is 6.54 Å². The molecule has 0 saturated heterocycles. The van der Waals surface area contributed by atoms with Crippen molar-refractivity contribution in [2.45, 2.75) is 25.8 Å². The van der Waals surface area contributed by atoms with Crippen LogP contribution in [0, 0.1) is 0 Å². The molecule has 0 fully saturated rings. The summed E-state index contributed by atoms with van der Waals surface area (Å²) in [4.78, 5) is 12.3. The van der Waals surface area contributed by atoms with Gasteiger partial charge in [0.25, 0.3) is 5.91 Å². The quantitative estimate of drug-likeness (QED) is 0.797. The standard InChI is InChI=1S/C20H18N2O2/c23-20(17-10-9-14-7-4-8-16(14)11-17)21-13-18-12-19(22-24-18)15-5-2-1-3-6-15/h1-3,5-6,9-12H,4,7-8,13H2,(H,21,23). The SMILES string of the molecule is O=C(NCc1cc(-c2ccccc2)no1)c1ccc2c(c1)CCC2. The maximum atomic E-state index is 12.3. The molecule has 0 bridgehead atoms. The second-order valence-electron chi connectivity index (χ2n) is 6.06. The second-order valence-corrected chi connectivity index (χ2v) is 6.06. The summed E-state index contributed by atoms with van der Waals surface area (Å²) in [5.74, 6) is 0.561. The van der Waals surface area contributed by atoms with E-state index in [0.717, 1.165) is 24.1 Å². The van der Waals surface area contributed by atoms with Gasteiger partial charge in [-0.15, -0.1) is 0 Å². The molecule has 24 heavy (non-hydrogen) atoms. The third-order valence-corrected chi connectivity index (χ3v) is 4.41. The smallest absolute Gasteiger partial charge is 0.251 e. The maximum Gasteiger partial charge on any atom is 0.251 e. The Bertz CT molecular complexity index is 868. The maximum absolute atomic E-state index is 12.3. The minimum atomic E-state index is -0.0811. The number of aromatic nitrogens is 1. The molecule has 4 rings (SSSR count). The zero-order valence-corrected chi connectivity index (χ0v) is 13.3. The normalized spacial score (nSPS) is 12.8. The topological polar surface area (TPSA) is 55.1 Å². The number of fused-ring (bicyclic) bond motifs is 1. The van der Waals surface area contributed by atoms with Crippen LogP contribution in [0.25, 0.3) is 11.3 Å². The summed E-state index contributed by atoms with van der Waals surface area (Å²) in [6.45, 7) is 0.329. The van der Waals surface area contributed by atoms with E-state index >= 15 is 0 Å². The number of hydrogen-bond donors (Lipinski definition) is 1. The van der Waals surface area contributed by atoms with Gasteiger partial charge in [-0.25, -0.2) is 0 Å². The molecule has 4 nitrogen and oxygen atoms in total. The lowest BCUT2D eigenvalue weighted by molar-refractivity contribution is 0.0947. The van der Waals surface area contributed by atoms with E-state index in [1.807, 2.05) is 48.5 Å². The summed E-state index contributed by atoms with van der Waals surface area (Å²) in [5.41, 5.74) is 5.15.